The van der Waals surface area contributed by atoms with Crippen LogP contribution in [-0.2, 0) is 62.3 Å². The molecule has 0 aromatic heterocycles. The Morgan fingerprint density at radius 1 is 0.534 bits per heavy atom. The van der Waals surface area contributed by atoms with Gasteiger partial charge in [-0.3, -0.25) is 62.3 Å². The van der Waals surface area contributed by atoms with Gasteiger partial charge >= 0.3 is 5.97 Å². The van der Waals surface area contributed by atoms with Crippen molar-refractivity contribution in [2.75, 3.05) is 65.6 Å². The van der Waals surface area contributed by atoms with Gasteiger partial charge in [-0.25, -0.2) is 0 Å². The highest BCUT2D eigenvalue weighted by Crippen LogP contribution is 2.29. The molecule has 12 amide bonds. The summed E-state index contributed by atoms with van der Waals surface area (Å²) >= 11 is 0. The van der Waals surface area contributed by atoms with Gasteiger partial charge in [0.05, 0.1) is 45.5 Å². The van der Waals surface area contributed by atoms with Crippen LogP contribution in [0.5, 0.6) is 0 Å². The lowest BCUT2D eigenvalue weighted by molar-refractivity contribution is -0.151. The molecule has 30 nitrogen and oxygen atoms in total. The maximum Gasteiger partial charge on any atom is 0.303 e. The second-order valence-corrected chi connectivity index (χ2v) is 18.0. The predicted octanol–water partition coefficient (Wildman–Crippen LogP) is -9.09. The lowest BCUT2D eigenvalue weighted by Crippen LogP contribution is -2.59. The van der Waals surface area contributed by atoms with Crippen LogP contribution in [0, 0.1) is 0 Å². The predicted molar refractivity (Wildman–Crippen MR) is 247 cm³/mol. The van der Waals surface area contributed by atoms with Crippen molar-refractivity contribution in [3.8, 4) is 0 Å². The Kier molecular flexibility index (Phi) is 22.2. The third-order valence-corrected chi connectivity index (χ3v) is 12.9. The highest BCUT2D eigenvalue weighted by Gasteiger charge is 2.46. The zero-order valence-electron chi connectivity index (χ0n) is 40.4. The molecular formula is C43H67N13O17. The normalized spacial score (nSPS) is 21.4. The van der Waals surface area contributed by atoms with Crippen LogP contribution in [-0.4, -0.2) is 237 Å². The van der Waals surface area contributed by atoms with Gasteiger partial charge in [-0.1, -0.05) is 0 Å². The first-order valence-corrected chi connectivity index (χ1v) is 24.0. The molecular weight excluding hydrogens is 971 g/mol. The minimum Gasteiger partial charge on any atom is -0.481 e. The number of nitrogens with one attached hydrogen (secondary N) is 7. The summed E-state index contributed by atoms with van der Waals surface area (Å²) in [5.74, 6) is -10.6. The average Bonchev–Trinajstić information content (AvgIpc) is 4.22. The van der Waals surface area contributed by atoms with E-state index < -0.39 is 171 Å². The van der Waals surface area contributed by atoms with Crippen molar-refractivity contribution in [1.29, 1.82) is 0 Å². The summed E-state index contributed by atoms with van der Waals surface area (Å²) in [4.78, 5) is 171. The van der Waals surface area contributed by atoms with Gasteiger partial charge in [-0.15, -0.1) is 0 Å². The minimum absolute atomic E-state index is 0.0916. The number of carbonyl (C=O) groups excluding carboxylic acids is 12. The third kappa shape index (κ3) is 16.0. The van der Waals surface area contributed by atoms with Gasteiger partial charge < -0.3 is 88.7 Å². The van der Waals surface area contributed by atoms with E-state index in [2.05, 4.69) is 37.2 Å². The highest BCUT2D eigenvalue weighted by molar-refractivity contribution is 5.99. The summed E-state index contributed by atoms with van der Waals surface area (Å²) in [6, 6.07) is -11.1. The lowest BCUT2D eigenvalue weighted by atomic mass is 10.1. The zero-order chi connectivity index (χ0) is 54.1. The molecule has 4 rings (SSSR count). The Hall–Kier alpha value is -7.05. The first-order valence-electron chi connectivity index (χ1n) is 24.0. The first-order chi connectivity index (χ1) is 34.6. The van der Waals surface area contributed by atoms with Crippen molar-refractivity contribution in [3.05, 3.63) is 0 Å². The van der Waals surface area contributed by atoms with Gasteiger partial charge in [-0.05, 0) is 64.7 Å². The number of rotatable bonds is 25. The average molecular weight is 1040 g/mol. The van der Waals surface area contributed by atoms with Crippen molar-refractivity contribution in [3.63, 3.8) is 0 Å². The van der Waals surface area contributed by atoms with Crippen molar-refractivity contribution in [2.24, 2.45) is 11.5 Å². The second-order valence-electron chi connectivity index (χ2n) is 18.0. The topological polar surface area (TPSA) is 452 Å². The van der Waals surface area contributed by atoms with Crippen LogP contribution < -0.4 is 48.7 Å². The maximum atomic E-state index is 14.0. The smallest absolute Gasteiger partial charge is 0.303 e. The van der Waals surface area contributed by atoms with E-state index in [1.54, 1.807) is 0 Å². The van der Waals surface area contributed by atoms with Gasteiger partial charge in [0.1, 0.15) is 48.3 Å². The number of primary amides is 1. The summed E-state index contributed by atoms with van der Waals surface area (Å²) in [6.45, 7) is -2.59. The molecule has 406 valence electrons. The summed E-state index contributed by atoms with van der Waals surface area (Å²) in [5.41, 5.74) is 10.8. The summed E-state index contributed by atoms with van der Waals surface area (Å²) in [5, 5.41) is 54.0. The van der Waals surface area contributed by atoms with Crippen LogP contribution in [0.2, 0.25) is 0 Å². The Morgan fingerprint density at radius 3 is 1.53 bits per heavy atom. The van der Waals surface area contributed by atoms with Crippen LogP contribution in [0.15, 0.2) is 0 Å². The Balaban J connectivity index is 1.23. The van der Waals surface area contributed by atoms with E-state index in [1.807, 2.05) is 0 Å². The fourth-order valence-electron chi connectivity index (χ4n) is 8.94. The number of hydrogen-bond acceptors (Lipinski definition) is 17. The molecule has 0 bridgehead atoms. The van der Waals surface area contributed by atoms with Crippen LogP contribution in [0.25, 0.3) is 0 Å². The molecule has 30 heteroatoms. The molecule has 4 fully saturated rings. The molecule has 4 heterocycles. The number of carboxylic acid groups (broad SMARTS) is 1. The van der Waals surface area contributed by atoms with Crippen LogP contribution >= 0.6 is 0 Å². The van der Waals surface area contributed by atoms with E-state index in [0.717, 1.165) is 4.90 Å². The van der Waals surface area contributed by atoms with E-state index >= 15 is 0 Å². The molecule has 73 heavy (non-hydrogen) atoms. The number of nitrogens with zero attached hydrogens (tertiary/aromatic N) is 4. The fourth-order valence-corrected chi connectivity index (χ4v) is 8.94. The van der Waals surface area contributed by atoms with Gasteiger partial charge in [0, 0.05) is 32.6 Å². The van der Waals surface area contributed by atoms with Gasteiger partial charge in [0.2, 0.25) is 70.9 Å². The fraction of sp³-hybridized carbons (Fsp3) is 0.698. The van der Waals surface area contributed by atoms with Crippen LogP contribution in [0.1, 0.15) is 71.1 Å². The largest absolute Gasteiger partial charge is 0.481 e. The Labute approximate surface area is 418 Å². The Bertz CT molecular complexity index is 2110. The molecule has 4 aliphatic heterocycles. The molecule has 0 radical (unpaired) electrons. The molecule has 0 aromatic rings. The number of aliphatic carboxylic acids is 1. The molecule has 0 aliphatic carbocycles. The number of aliphatic hydroxyl groups excluding tert-OH is 3. The van der Waals surface area contributed by atoms with E-state index in [1.165, 1.54) is 21.6 Å². The van der Waals surface area contributed by atoms with E-state index in [0.29, 0.717) is 32.1 Å². The molecule has 0 saturated carbocycles. The van der Waals surface area contributed by atoms with Gasteiger partial charge in [-0.2, -0.15) is 0 Å². The third-order valence-electron chi connectivity index (χ3n) is 12.9. The summed E-state index contributed by atoms with van der Waals surface area (Å²) in [7, 11) is 0. The van der Waals surface area contributed by atoms with Gasteiger partial charge in [0.25, 0.3) is 0 Å². The number of carbonyl (C=O) groups is 13. The van der Waals surface area contributed by atoms with Crippen LogP contribution in [0.4, 0.5) is 0 Å². The van der Waals surface area contributed by atoms with Crippen molar-refractivity contribution in [2.45, 2.75) is 126 Å². The lowest BCUT2D eigenvalue weighted by Gasteiger charge is -2.34. The quantitative estimate of drug-likeness (QED) is 0.0404. The second kappa shape index (κ2) is 27.7. The maximum absolute atomic E-state index is 14.0. The highest BCUT2D eigenvalue weighted by atomic mass is 16.4. The Morgan fingerprint density at radius 2 is 0.986 bits per heavy atom. The van der Waals surface area contributed by atoms with Crippen molar-refractivity contribution in [1.82, 2.24) is 56.8 Å². The summed E-state index contributed by atoms with van der Waals surface area (Å²) < 4.78 is 0. The van der Waals surface area contributed by atoms with E-state index in [4.69, 9.17) is 16.6 Å². The number of nitrogens with two attached hydrogens (primary N) is 2. The van der Waals surface area contributed by atoms with Crippen molar-refractivity contribution >= 4 is 76.9 Å². The molecule has 9 atom stereocenters. The standard InChI is InChI=1S/C43H67N13O17/c1-22(41(71)55-14-4-8-29(55)43(73)56-15-5-9-30(56)42(72)54-13-3-7-28(54)40(70)50-24(19-57)35(45)65)49-32(61)17-48-37(67)25(20-58)51-38(68)26(21-59)52-39(69)27-6-2-12-53(27)33(62)18-46-31(60)16-47-36(66)23(44)10-11-34(63)64/h22-30,57-59H,2-21,44H2,1H3,(H2,45,65)(H,46,60)(H,47,66)(H,48,67)(H,49,61)(H,50,70)(H,51,68)(H,52,69)(H,63,64)/t22-,23-,24-,25-,26-,27-,28-,29-,30-/m0/s1. The molecule has 0 aromatic carbocycles. The number of aliphatic hydroxyl groups is 3. The van der Waals surface area contributed by atoms with Crippen LogP contribution in [0.3, 0.4) is 0 Å². The van der Waals surface area contributed by atoms with Gasteiger partial charge in [0.15, 0.2) is 0 Å². The number of likely N-dealkylation sites (tertiary alicyclic amines) is 4. The monoisotopic (exact) mass is 1040 g/mol. The van der Waals surface area contributed by atoms with Crippen molar-refractivity contribution < 1.29 is 82.8 Å². The number of carboxylic acids is 1. The molecule has 4 aliphatic rings. The SMILES string of the molecule is C[C@H](NC(=O)CNC(=O)[C@H](CO)NC(=O)[C@H](CO)NC(=O)[C@@H]1CCCN1C(=O)CNC(=O)CNC(=O)[C@@H](N)CCC(=O)O)C(=O)N1CCC[C@H]1C(=O)N1CCC[C@H]1C(=O)N1CCC[C@H]1C(=O)N[C@@H](CO)C(N)=O. The first kappa shape index (κ1) is 58.5. The summed E-state index contributed by atoms with van der Waals surface area (Å²) in [6.07, 6.45) is 2.19. The molecule has 15 N–H and O–H groups in total. The zero-order valence-corrected chi connectivity index (χ0v) is 40.4. The molecule has 0 unspecified atom stereocenters. The molecule has 4 saturated heterocycles. The number of hydrogen-bond donors (Lipinski definition) is 13. The molecule has 0 spiro atoms. The minimum atomic E-state index is -1.70. The van der Waals surface area contributed by atoms with E-state index in [9.17, 15) is 77.6 Å². The number of amides is 12. The van der Waals surface area contributed by atoms with E-state index in [-0.39, 0.29) is 58.3 Å².